The summed E-state index contributed by atoms with van der Waals surface area (Å²) in [5.74, 6) is 2.02. The van der Waals surface area contributed by atoms with E-state index in [0.717, 1.165) is 55.4 Å². The van der Waals surface area contributed by atoms with E-state index in [1.54, 1.807) is 13.3 Å². The molecule has 0 bridgehead atoms. The molecule has 1 aromatic heterocycles. The van der Waals surface area contributed by atoms with Gasteiger partial charge >= 0.3 is 0 Å². The van der Waals surface area contributed by atoms with Crippen LogP contribution in [0.25, 0.3) is 0 Å². The van der Waals surface area contributed by atoms with Gasteiger partial charge in [0.25, 0.3) is 0 Å². The van der Waals surface area contributed by atoms with Crippen molar-refractivity contribution in [2.24, 2.45) is 0 Å². The van der Waals surface area contributed by atoms with Gasteiger partial charge in [-0.2, -0.15) is 4.98 Å². The molecule has 0 spiro atoms. The number of methoxy groups -OCH3 is 1. The fourth-order valence-corrected chi connectivity index (χ4v) is 4.47. The summed E-state index contributed by atoms with van der Waals surface area (Å²) in [6.45, 7) is 2.83. The van der Waals surface area contributed by atoms with Gasteiger partial charge in [-0.25, -0.2) is 4.98 Å². The minimum absolute atomic E-state index is 0.501. The molecule has 6 nitrogen and oxygen atoms in total. The molecular weight excluding hydrogens is 398 g/mol. The third-order valence-corrected chi connectivity index (χ3v) is 6.11. The van der Waals surface area contributed by atoms with Crippen LogP contribution in [0.3, 0.4) is 0 Å². The average Bonchev–Trinajstić information content (AvgIpc) is 3.18. The maximum absolute atomic E-state index is 6.49. The molecule has 7 heteroatoms. The van der Waals surface area contributed by atoms with Gasteiger partial charge in [0.2, 0.25) is 5.95 Å². The van der Waals surface area contributed by atoms with Gasteiger partial charge in [0.05, 0.1) is 19.0 Å². The zero-order valence-corrected chi connectivity index (χ0v) is 17.9. The molecule has 0 fully saturated rings. The van der Waals surface area contributed by atoms with E-state index in [-0.39, 0.29) is 0 Å². The van der Waals surface area contributed by atoms with Gasteiger partial charge in [-0.1, -0.05) is 29.8 Å². The smallest absolute Gasteiger partial charge is 0.229 e. The summed E-state index contributed by atoms with van der Waals surface area (Å²) in [4.78, 5) is 13.6. The quantitative estimate of drug-likeness (QED) is 0.666. The molecule has 30 heavy (non-hydrogen) atoms. The molecule has 0 amide bonds. The molecule has 3 heterocycles. The topological polar surface area (TPSA) is 53.5 Å². The Kier molecular flexibility index (Phi) is 4.97. The number of nitrogens with zero attached hydrogens (tertiary/aromatic N) is 4. The van der Waals surface area contributed by atoms with Crippen molar-refractivity contribution in [2.45, 2.75) is 19.4 Å². The number of ether oxygens (including phenoxy) is 1. The molecule has 0 aliphatic carbocycles. The van der Waals surface area contributed by atoms with Crippen LogP contribution in [0.15, 0.2) is 42.6 Å². The maximum atomic E-state index is 6.49. The van der Waals surface area contributed by atoms with Gasteiger partial charge in [0.15, 0.2) is 5.82 Å². The largest absolute Gasteiger partial charge is 0.495 e. The molecule has 0 saturated heterocycles. The average molecular weight is 422 g/mol. The first kappa shape index (κ1) is 19.2. The van der Waals surface area contributed by atoms with Crippen molar-refractivity contribution in [3.05, 3.63) is 64.3 Å². The van der Waals surface area contributed by atoms with E-state index in [1.807, 2.05) is 6.07 Å². The van der Waals surface area contributed by atoms with Crippen molar-refractivity contribution in [2.75, 3.05) is 37.5 Å². The molecule has 0 saturated carbocycles. The first-order valence-corrected chi connectivity index (χ1v) is 10.5. The molecule has 154 valence electrons. The summed E-state index contributed by atoms with van der Waals surface area (Å²) in [5, 5.41) is 3.89. The fraction of sp³-hybridized carbons (Fsp3) is 0.304. The lowest BCUT2D eigenvalue weighted by Crippen LogP contribution is -2.26. The van der Waals surface area contributed by atoms with Crippen LogP contribution in [0.2, 0.25) is 5.02 Å². The summed E-state index contributed by atoms with van der Waals surface area (Å²) in [7, 11) is 3.83. The second-order valence-corrected chi connectivity index (χ2v) is 8.24. The van der Waals surface area contributed by atoms with Crippen LogP contribution < -0.4 is 15.0 Å². The molecule has 0 unspecified atom stereocenters. The Balaban J connectivity index is 1.48. The molecule has 2 aliphatic rings. The molecule has 1 N–H and O–H groups in total. The zero-order valence-electron chi connectivity index (χ0n) is 17.2. The summed E-state index contributed by atoms with van der Waals surface area (Å²) in [6, 6.07) is 12.6. The lowest BCUT2D eigenvalue weighted by Gasteiger charge is -2.26. The fourth-order valence-electron chi connectivity index (χ4n) is 4.28. The Morgan fingerprint density at radius 2 is 1.90 bits per heavy atom. The van der Waals surface area contributed by atoms with Crippen molar-refractivity contribution in [3.8, 4) is 5.75 Å². The zero-order chi connectivity index (χ0) is 20.7. The van der Waals surface area contributed by atoms with Crippen LogP contribution in [-0.4, -0.2) is 42.1 Å². The van der Waals surface area contributed by atoms with E-state index >= 15 is 0 Å². The number of benzene rings is 2. The Bertz CT molecular complexity index is 1100. The van der Waals surface area contributed by atoms with Crippen molar-refractivity contribution in [3.63, 3.8) is 0 Å². The van der Waals surface area contributed by atoms with E-state index in [0.29, 0.717) is 11.0 Å². The number of likely N-dealkylation sites (N-methyl/N-ethyl adjacent to an activating group) is 1. The Morgan fingerprint density at radius 1 is 1.07 bits per heavy atom. The summed E-state index contributed by atoms with van der Waals surface area (Å²) < 4.78 is 5.64. The third-order valence-electron chi connectivity index (χ3n) is 5.84. The summed E-state index contributed by atoms with van der Waals surface area (Å²) in [5.41, 5.74) is 5.96. The van der Waals surface area contributed by atoms with E-state index in [4.69, 9.17) is 21.3 Å². The highest BCUT2D eigenvalue weighted by Crippen LogP contribution is 2.38. The second kappa shape index (κ2) is 7.78. The van der Waals surface area contributed by atoms with Crippen LogP contribution in [0.5, 0.6) is 5.75 Å². The van der Waals surface area contributed by atoms with Crippen LogP contribution in [0.1, 0.15) is 16.7 Å². The molecule has 2 aliphatic heterocycles. The monoisotopic (exact) mass is 421 g/mol. The number of halogens is 1. The van der Waals surface area contributed by atoms with Crippen LogP contribution >= 0.6 is 11.6 Å². The Morgan fingerprint density at radius 3 is 2.77 bits per heavy atom. The highest BCUT2D eigenvalue weighted by atomic mass is 35.5. The highest BCUT2D eigenvalue weighted by Gasteiger charge is 2.24. The van der Waals surface area contributed by atoms with E-state index in [2.05, 4.69) is 57.5 Å². The maximum Gasteiger partial charge on any atom is 0.229 e. The van der Waals surface area contributed by atoms with Crippen LogP contribution in [0.4, 0.5) is 23.1 Å². The van der Waals surface area contributed by atoms with Gasteiger partial charge in [-0.3, -0.25) is 0 Å². The van der Waals surface area contributed by atoms with Crippen LogP contribution in [0, 0.1) is 0 Å². The minimum atomic E-state index is 0.501. The molecule has 3 aromatic rings. The third kappa shape index (κ3) is 3.46. The minimum Gasteiger partial charge on any atom is -0.495 e. The molecule has 0 atom stereocenters. The van der Waals surface area contributed by atoms with Crippen LogP contribution in [-0.2, 0) is 19.4 Å². The first-order valence-electron chi connectivity index (χ1n) is 10.2. The van der Waals surface area contributed by atoms with E-state index in [1.165, 1.54) is 16.7 Å². The number of hydrogen-bond donors (Lipinski definition) is 1. The van der Waals surface area contributed by atoms with Crippen molar-refractivity contribution >= 4 is 34.7 Å². The second-order valence-electron chi connectivity index (χ2n) is 7.83. The standard InChI is InChI=1S/C23H24ClN5O/c1-28-9-7-16-12-21(30-2)19(11-17(16)14-28)26-23-25-13-18(24)22(27-23)29-10-8-15-5-3-4-6-20(15)29/h3-6,11-13H,7-10,14H2,1-2H3,(H,25,26,27). The van der Waals surface area contributed by atoms with Gasteiger partial charge in [-0.15, -0.1) is 0 Å². The molecule has 5 rings (SSSR count). The number of para-hydroxylation sites is 1. The number of fused-ring (bicyclic) bond motifs is 2. The lowest BCUT2D eigenvalue weighted by atomic mass is 9.99. The predicted octanol–water partition coefficient (Wildman–Crippen LogP) is 4.56. The summed E-state index contributed by atoms with van der Waals surface area (Å²) in [6.07, 6.45) is 3.66. The number of rotatable bonds is 4. The van der Waals surface area contributed by atoms with Crippen molar-refractivity contribution in [1.82, 2.24) is 14.9 Å². The molecule has 2 aromatic carbocycles. The lowest BCUT2D eigenvalue weighted by molar-refractivity contribution is 0.312. The van der Waals surface area contributed by atoms with Gasteiger partial charge in [0.1, 0.15) is 10.8 Å². The van der Waals surface area contributed by atoms with Crippen molar-refractivity contribution in [1.29, 1.82) is 0 Å². The molecule has 0 radical (unpaired) electrons. The van der Waals surface area contributed by atoms with E-state index in [9.17, 15) is 0 Å². The number of anilines is 4. The summed E-state index contributed by atoms with van der Waals surface area (Å²) >= 11 is 6.49. The van der Waals surface area contributed by atoms with Gasteiger partial charge in [0, 0.05) is 25.3 Å². The number of hydrogen-bond acceptors (Lipinski definition) is 6. The Hall–Kier alpha value is -2.83. The number of aromatic nitrogens is 2. The van der Waals surface area contributed by atoms with Gasteiger partial charge < -0.3 is 19.9 Å². The first-order chi connectivity index (χ1) is 14.6. The normalized spacial score (nSPS) is 15.6. The highest BCUT2D eigenvalue weighted by molar-refractivity contribution is 6.33. The predicted molar refractivity (Wildman–Crippen MR) is 121 cm³/mol. The SMILES string of the molecule is COc1cc2c(cc1Nc1ncc(Cl)c(N3CCc4ccccc43)n1)CN(C)CC2. The Labute approximate surface area is 181 Å². The number of nitrogens with one attached hydrogen (secondary N) is 1. The van der Waals surface area contributed by atoms with Crippen molar-refractivity contribution < 1.29 is 4.74 Å². The van der Waals surface area contributed by atoms with E-state index < -0.39 is 0 Å². The van der Waals surface area contributed by atoms with Gasteiger partial charge in [-0.05, 0) is 54.8 Å². The molecular formula is C23H24ClN5O.